The number of benzene rings is 1. The monoisotopic (exact) mass is 375 g/mol. The molecule has 27 heavy (non-hydrogen) atoms. The van der Waals surface area contributed by atoms with E-state index in [0.29, 0.717) is 28.9 Å². The first-order chi connectivity index (χ1) is 12.8. The molecule has 1 aromatic heterocycles. The van der Waals surface area contributed by atoms with Crippen molar-refractivity contribution in [1.82, 2.24) is 10.2 Å². The smallest absolute Gasteiger partial charge is 0.233 e. The Morgan fingerprint density at radius 2 is 1.63 bits per heavy atom. The summed E-state index contributed by atoms with van der Waals surface area (Å²) in [5.41, 5.74) is 0.306. The largest absolute Gasteiger partial charge is 0.493 e. The number of anilines is 1. The average molecular weight is 375 g/mol. The molecule has 8 nitrogen and oxygen atoms in total. The van der Waals surface area contributed by atoms with Gasteiger partial charge in [-0.3, -0.25) is 4.79 Å². The Balaban J connectivity index is 2.05. The molecule has 0 aliphatic heterocycles. The van der Waals surface area contributed by atoms with Crippen molar-refractivity contribution in [2.45, 2.75) is 27.4 Å². The highest BCUT2D eigenvalue weighted by atomic mass is 16.5. The second-order valence-corrected chi connectivity index (χ2v) is 6.78. The number of aromatic nitrogens is 2. The number of hydrogen-bond acceptors (Lipinski definition) is 7. The molecule has 2 aromatic rings. The van der Waals surface area contributed by atoms with Crippen LogP contribution in [0.2, 0.25) is 0 Å². The van der Waals surface area contributed by atoms with Crippen molar-refractivity contribution < 1.29 is 23.7 Å². The molecule has 0 aliphatic carbocycles. The van der Waals surface area contributed by atoms with Gasteiger partial charge in [-0.1, -0.05) is 20.8 Å². The number of rotatable bonds is 7. The summed E-state index contributed by atoms with van der Waals surface area (Å²) in [6.07, 6.45) is 0. The number of nitrogens with one attached hydrogen (secondary N) is 1. The summed E-state index contributed by atoms with van der Waals surface area (Å²) in [6.45, 7) is 5.71. The Morgan fingerprint density at radius 1 is 1.00 bits per heavy atom. The number of hydrogen-bond donors (Lipinski definition) is 1. The molecule has 0 aliphatic rings. The molecule has 0 saturated carbocycles. The molecule has 1 aromatic carbocycles. The van der Waals surface area contributed by atoms with Crippen LogP contribution in [0.3, 0.4) is 0 Å². The molecule has 0 saturated heterocycles. The zero-order valence-corrected chi connectivity index (χ0v) is 16.5. The van der Waals surface area contributed by atoms with Crippen molar-refractivity contribution >= 4 is 11.7 Å². The van der Waals surface area contributed by atoms with Crippen molar-refractivity contribution in [2.75, 3.05) is 26.6 Å². The average Bonchev–Trinajstić information content (AvgIpc) is 2.65. The van der Waals surface area contributed by atoms with Gasteiger partial charge in [0.2, 0.25) is 17.5 Å². The Labute approximate surface area is 158 Å². The van der Waals surface area contributed by atoms with E-state index in [1.54, 1.807) is 45.6 Å². The van der Waals surface area contributed by atoms with E-state index in [1.165, 1.54) is 0 Å². The van der Waals surface area contributed by atoms with Crippen molar-refractivity contribution in [1.29, 1.82) is 0 Å². The normalized spacial score (nSPS) is 10.9. The number of nitrogens with zero attached hydrogens (tertiary/aromatic N) is 2. The minimum atomic E-state index is -0.511. The van der Waals surface area contributed by atoms with Gasteiger partial charge in [-0.25, -0.2) is 0 Å². The van der Waals surface area contributed by atoms with Crippen molar-refractivity contribution in [3.05, 3.63) is 29.8 Å². The lowest BCUT2D eigenvalue weighted by Crippen LogP contribution is -2.28. The molecular weight excluding hydrogens is 350 g/mol. The zero-order valence-electron chi connectivity index (χ0n) is 16.5. The molecule has 0 bridgehead atoms. The van der Waals surface area contributed by atoms with Crippen LogP contribution < -0.4 is 24.3 Å². The fourth-order valence-corrected chi connectivity index (χ4v) is 2.14. The van der Waals surface area contributed by atoms with Gasteiger partial charge >= 0.3 is 0 Å². The summed E-state index contributed by atoms with van der Waals surface area (Å²) in [5, 5.41) is 10.6. The van der Waals surface area contributed by atoms with E-state index in [1.807, 2.05) is 20.8 Å². The molecule has 1 amide bonds. The van der Waals surface area contributed by atoms with Gasteiger partial charge in [0.1, 0.15) is 6.61 Å². The third-order valence-corrected chi connectivity index (χ3v) is 3.67. The second-order valence-electron chi connectivity index (χ2n) is 6.78. The van der Waals surface area contributed by atoms with E-state index >= 15 is 0 Å². The number of amides is 1. The first-order valence-electron chi connectivity index (χ1n) is 8.35. The maximum Gasteiger partial charge on any atom is 0.233 e. The van der Waals surface area contributed by atoms with Gasteiger partial charge in [-0.05, 0) is 23.8 Å². The molecule has 1 N–H and O–H groups in total. The summed E-state index contributed by atoms with van der Waals surface area (Å²) in [7, 11) is 4.65. The van der Waals surface area contributed by atoms with Crippen LogP contribution in [0.25, 0.3) is 0 Å². The summed E-state index contributed by atoms with van der Waals surface area (Å²) in [6, 6.07) is 6.88. The van der Waals surface area contributed by atoms with Crippen LogP contribution in [-0.2, 0) is 11.4 Å². The topological polar surface area (TPSA) is 91.8 Å². The maximum absolute atomic E-state index is 12.0. The molecule has 0 radical (unpaired) electrons. The SMILES string of the molecule is COc1cc(COc2ccc(NC(=O)C(C)(C)C)nn2)cc(OC)c1OC. The van der Waals surface area contributed by atoms with E-state index in [4.69, 9.17) is 18.9 Å². The second kappa shape index (κ2) is 8.57. The Bertz CT molecular complexity index is 760. The van der Waals surface area contributed by atoms with Gasteiger partial charge in [0, 0.05) is 11.5 Å². The Hall–Kier alpha value is -3.03. The van der Waals surface area contributed by atoms with Crippen LogP contribution in [0, 0.1) is 5.41 Å². The lowest BCUT2D eigenvalue weighted by Gasteiger charge is -2.17. The fraction of sp³-hybridized carbons (Fsp3) is 0.421. The molecular formula is C19H25N3O5. The highest BCUT2D eigenvalue weighted by molar-refractivity contribution is 5.93. The molecule has 0 atom stereocenters. The fourth-order valence-electron chi connectivity index (χ4n) is 2.14. The minimum Gasteiger partial charge on any atom is -0.493 e. The minimum absolute atomic E-state index is 0.136. The molecule has 8 heteroatoms. The van der Waals surface area contributed by atoms with E-state index < -0.39 is 5.41 Å². The van der Waals surface area contributed by atoms with Crippen LogP contribution in [0.4, 0.5) is 5.82 Å². The van der Waals surface area contributed by atoms with Crippen LogP contribution in [0.5, 0.6) is 23.1 Å². The number of ether oxygens (including phenoxy) is 4. The third-order valence-electron chi connectivity index (χ3n) is 3.67. The molecule has 0 unspecified atom stereocenters. The Kier molecular flexibility index (Phi) is 6.44. The van der Waals surface area contributed by atoms with Crippen LogP contribution in [0.15, 0.2) is 24.3 Å². The highest BCUT2D eigenvalue weighted by Crippen LogP contribution is 2.38. The van der Waals surface area contributed by atoms with Crippen molar-refractivity contribution in [3.8, 4) is 23.1 Å². The Morgan fingerprint density at radius 3 is 2.07 bits per heavy atom. The zero-order chi connectivity index (χ0) is 20.0. The molecule has 2 rings (SSSR count). The highest BCUT2D eigenvalue weighted by Gasteiger charge is 2.21. The number of methoxy groups -OCH3 is 3. The van der Waals surface area contributed by atoms with Crippen molar-refractivity contribution in [3.63, 3.8) is 0 Å². The van der Waals surface area contributed by atoms with E-state index in [-0.39, 0.29) is 12.5 Å². The summed E-state index contributed by atoms with van der Waals surface area (Å²) >= 11 is 0. The number of carbonyl (C=O) groups is 1. The predicted octanol–water partition coefficient (Wildman–Crippen LogP) is 3.07. The van der Waals surface area contributed by atoms with E-state index in [9.17, 15) is 4.79 Å². The van der Waals surface area contributed by atoms with E-state index in [0.717, 1.165) is 5.56 Å². The maximum atomic E-state index is 12.0. The first kappa shape index (κ1) is 20.3. The quantitative estimate of drug-likeness (QED) is 0.795. The van der Waals surface area contributed by atoms with Gasteiger partial charge in [-0.2, -0.15) is 0 Å². The lowest BCUT2D eigenvalue weighted by molar-refractivity contribution is -0.123. The predicted molar refractivity (Wildman–Crippen MR) is 101 cm³/mol. The van der Waals surface area contributed by atoms with Gasteiger partial charge in [0.15, 0.2) is 17.3 Å². The lowest BCUT2D eigenvalue weighted by atomic mass is 9.96. The van der Waals surface area contributed by atoms with Crippen molar-refractivity contribution in [2.24, 2.45) is 5.41 Å². The molecule has 146 valence electrons. The standard InChI is InChI=1S/C19H25N3O5/c1-19(2,3)18(23)20-15-7-8-16(22-21-15)27-11-12-9-13(24-4)17(26-6)14(10-12)25-5/h7-10H,11H2,1-6H3,(H,20,21,23). The summed E-state index contributed by atoms with van der Waals surface area (Å²) in [5.74, 6) is 2.17. The first-order valence-corrected chi connectivity index (χ1v) is 8.35. The van der Waals surface area contributed by atoms with Crippen LogP contribution >= 0.6 is 0 Å². The van der Waals surface area contributed by atoms with Gasteiger partial charge in [-0.15, -0.1) is 10.2 Å². The number of carbonyl (C=O) groups excluding carboxylic acids is 1. The van der Waals surface area contributed by atoms with Gasteiger partial charge in [0.25, 0.3) is 0 Å². The van der Waals surface area contributed by atoms with Gasteiger partial charge in [0.05, 0.1) is 21.3 Å². The molecule has 0 fully saturated rings. The summed E-state index contributed by atoms with van der Waals surface area (Å²) < 4.78 is 21.6. The third kappa shape index (κ3) is 5.22. The summed E-state index contributed by atoms with van der Waals surface area (Å²) in [4.78, 5) is 12.0. The van der Waals surface area contributed by atoms with Gasteiger partial charge < -0.3 is 24.3 Å². The van der Waals surface area contributed by atoms with Crippen LogP contribution in [-0.4, -0.2) is 37.4 Å². The van der Waals surface area contributed by atoms with Crippen LogP contribution in [0.1, 0.15) is 26.3 Å². The molecule has 1 heterocycles. The van der Waals surface area contributed by atoms with E-state index in [2.05, 4.69) is 15.5 Å². The molecule has 0 spiro atoms.